The first kappa shape index (κ1) is 12.1. The van der Waals surface area contributed by atoms with E-state index in [1.165, 1.54) is 0 Å². The number of rotatable bonds is 4. The lowest BCUT2D eigenvalue weighted by Gasteiger charge is -2.24. The van der Waals surface area contributed by atoms with Gasteiger partial charge in [-0.25, -0.2) is 4.98 Å². The zero-order valence-electron chi connectivity index (χ0n) is 9.29. The van der Waals surface area contributed by atoms with Gasteiger partial charge in [0.2, 0.25) is 0 Å². The van der Waals surface area contributed by atoms with E-state index in [0.717, 1.165) is 18.1 Å². The maximum atomic E-state index is 9.13. The van der Waals surface area contributed by atoms with E-state index >= 15 is 0 Å². The second-order valence-electron chi connectivity index (χ2n) is 4.10. The van der Waals surface area contributed by atoms with E-state index < -0.39 is 0 Å². The highest BCUT2D eigenvalue weighted by Gasteiger charge is 2.15. The first-order valence-electron chi connectivity index (χ1n) is 4.96. The summed E-state index contributed by atoms with van der Waals surface area (Å²) < 4.78 is 0.557. The first-order valence-corrected chi connectivity index (χ1v) is 5.37. The molecule has 0 saturated carbocycles. The van der Waals surface area contributed by atoms with Crippen molar-refractivity contribution in [3.63, 3.8) is 0 Å². The molecule has 0 spiro atoms. The number of hydrogen-bond acceptors (Lipinski definition) is 4. The van der Waals surface area contributed by atoms with Crippen LogP contribution in [-0.4, -0.2) is 27.2 Å². The van der Waals surface area contributed by atoms with Gasteiger partial charge < -0.3 is 15.4 Å². The Morgan fingerprint density at radius 3 is 2.80 bits per heavy atom. The van der Waals surface area contributed by atoms with Gasteiger partial charge >= 0.3 is 0 Å². The Hall–Kier alpha value is -0.940. The molecule has 3 N–H and O–H groups in total. The molecule has 1 rings (SSSR count). The predicted molar refractivity (Wildman–Crippen MR) is 63.6 cm³/mol. The average molecular weight is 227 g/mol. The van der Waals surface area contributed by atoms with Gasteiger partial charge in [0.05, 0.1) is 12.1 Å². The van der Waals surface area contributed by atoms with E-state index in [0.29, 0.717) is 4.64 Å². The van der Waals surface area contributed by atoms with E-state index in [-0.39, 0.29) is 12.1 Å². The Labute approximate surface area is 94.8 Å². The summed E-state index contributed by atoms with van der Waals surface area (Å²) in [7, 11) is 0. The molecule has 1 aromatic heterocycles. The van der Waals surface area contributed by atoms with Crippen LogP contribution in [0.15, 0.2) is 6.07 Å². The third-order valence-electron chi connectivity index (χ3n) is 2.00. The zero-order valence-corrected chi connectivity index (χ0v) is 10.1. The van der Waals surface area contributed by atoms with E-state index in [1.807, 2.05) is 20.8 Å². The van der Waals surface area contributed by atoms with Crippen molar-refractivity contribution in [3.8, 4) is 0 Å². The fourth-order valence-corrected chi connectivity index (χ4v) is 1.38. The third-order valence-corrected chi connectivity index (χ3v) is 2.20. The van der Waals surface area contributed by atoms with Crippen molar-refractivity contribution < 1.29 is 5.11 Å². The number of H-pyrrole nitrogens is 1. The minimum atomic E-state index is -0.370. The monoisotopic (exact) mass is 227 g/mol. The number of aliphatic hydroxyl groups is 1. The van der Waals surface area contributed by atoms with Crippen LogP contribution >= 0.6 is 12.2 Å². The van der Waals surface area contributed by atoms with Crippen molar-refractivity contribution in [2.24, 2.45) is 0 Å². The Morgan fingerprint density at radius 1 is 1.60 bits per heavy atom. The molecule has 0 saturated heterocycles. The molecule has 84 valence electrons. The molecule has 0 radical (unpaired) electrons. The van der Waals surface area contributed by atoms with E-state index in [2.05, 4.69) is 15.3 Å². The van der Waals surface area contributed by atoms with Gasteiger partial charge in [-0.1, -0.05) is 19.1 Å². The highest BCUT2D eigenvalue weighted by Crippen LogP contribution is 2.12. The van der Waals surface area contributed by atoms with Crippen molar-refractivity contribution in [2.75, 3.05) is 11.9 Å². The summed E-state index contributed by atoms with van der Waals surface area (Å²) in [5.74, 6) is 1.64. The molecular formula is C10H17N3OS. The number of anilines is 1. The van der Waals surface area contributed by atoms with Gasteiger partial charge in [-0.05, 0) is 13.8 Å². The molecule has 1 heterocycles. The number of aliphatic hydroxyl groups excluding tert-OH is 1. The van der Waals surface area contributed by atoms with Gasteiger partial charge in [0, 0.05) is 12.5 Å². The van der Waals surface area contributed by atoms with E-state index in [4.69, 9.17) is 17.3 Å². The quantitative estimate of drug-likeness (QED) is 0.687. The highest BCUT2D eigenvalue weighted by atomic mass is 32.1. The number of hydrogen-bond donors (Lipinski definition) is 3. The molecule has 0 bridgehead atoms. The van der Waals surface area contributed by atoms with E-state index in [1.54, 1.807) is 6.07 Å². The summed E-state index contributed by atoms with van der Waals surface area (Å²) in [5, 5.41) is 12.3. The number of aryl methyl sites for hydroxylation is 1. The summed E-state index contributed by atoms with van der Waals surface area (Å²) in [5.41, 5.74) is -0.370. The number of aromatic nitrogens is 2. The lowest BCUT2D eigenvalue weighted by Crippen LogP contribution is -2.35. The van der Waals surface area contributed by atoms with Gasteiger partial charge in [0.1, 0.15) is 16.3 Å². The molecule has 0 unspecified atom stereocenters. The topological polar surface area (TPSA) is 60.9 Å². The van der Waals surface area contributed by atoms with Crippen molar-refractivity contribution in [1.82, 2.24) is 9.97 Å². The Balaban J connectivity index is 2.95. The molecule has 0 amide bonds. The Morgan fingerprint density at radius 2 is 2.27 bits per heavy atom. The van der Waals surface area contributed by atoms with Crippen LogP contribution in [0.4, 0.5) is 5.82 Å². The van der Waals surface area contributed by atoms with Crippen LogP contribution in [-0.2, 0) is 6.42 Å². The fraction of sp³-hybridized carbons (Fsp3) is 0.600. The van der Waals surface area contributed by atoms with Crippen molar-refractivity contribution in [1.29, 1.82) is 0 Å². The second kappa shape index (κ2) is 4.72. The Kier molecular flexibility index (Phi) is 3.82. The van der Waals surface area contributed by atoms with Crippen LogP contribution in [0.25, 0.3) is 0 Å². The van der Waals surface area contributed by atoms with Crippen LogP contribution in [0, 0.1) is 4.64 Å². The van der Waals surface area contributed by atoms with E-state index in [9.17, 15) is 0 Å². The van der Waals surface area contributed by atoms with Crippen molar-refractivity contribution in [3.05, 3.63) is 16.5 Å². The van der Waals surface area contributed by atoms with Gasteiger partial charge in [-0.3, -0.25) is 0 Å². The smallest absolute Gasteiger partial charge is 0.131 e. The molecule has 0 aliphatic rings. The van der Waals surface area contributed by atoms with Crippen molar-refractivity contribution in [2.45, 2.75) is 32.7 Å². The first-order chi connectivity index (χ1) is 6.96. The molecule has 0 atom stereocenters. The van der Waals surface area contributed by atoms with Crippen molar-refractivity contribution >= 4 is 18.0 Å². The summed E-state index contributed by atoms with van der Waals surface area (Å²) >= 11 is 5.05. The van der Waals surface area contributed by atoms with Crippen LogP contribution < -0.4 is 5.32 Å². The number of aromatic amines is 1. The summed E-state index contributed by atoms with van der Waals surface area (Å²) in [4.78, 5) is 7.29. The lowest BCUT2D eigenvalue weighted by molar-refractivity contribution is 0.234. The maximum Gasteiger partial charge on any atom is 0.131 e. The molecule has 5 heteroatoms. The van der Waals surface area contributed by atoms with Crippen LogP contribution in [0.2, 0.25) is 0 Å². The van der Waals surface area contributed by atoms with Crippen LogP contribution in [0.3, 0.4) is 0 Å². The minimum absolute atomic E-state index is 0.0530. The number of nitrogens with zero attached hydrogens (tertiary/aromatic N) is 1. The molecule has 1 aromatic rings. The van der Waals surface area contributed by atoms with Gasteiger partial charge in [-0.15, -0.1) is 0 Å². The number of nitrogens with one attached hydrogen (secondary N) is 2. The standard InChI is InChI=1S/C10H17N3OS/c1-4-7-11-8(5-9(15)12-7)13-10(2,3)6-14/h5,14H,4,6H2,1-3H3,(H2,11,12,13,15). The zero-order chi connectivity index (χ0) is 11.5. The van der Waals surface area contributed by atoms with Gasteiger partial charge in [-0.2, -0.15) is 0 Å². The summed E-state index contributed by atoms with van der Waals surface area (Å²) in [6.45, 7) is 5.89. The molecule has 0 aliphatic heterocycles. The fourth-order valence-electron chi connectivity index (χ4n) is 1.15. The molecule has 0 fully saturated rings. The average Bonchev–Trinajstić information content (AvgIpc) is 2.16. The second-order valence-corrected chi connectivity index (χ2v) is 4.52. The van der Waals surface area contributed by atoms with Gasteiger partial charge in [0.25, 0.3) is 0 Å². The highest BCUT2D eigenvalue weighted by molar-refractivity contribution is 7.71. The normalized spacial score (nSPS) is 11.5. The largest absolute Gasteiger partial charge is 0.394 e. The molecule has 15 heavy (non-hydrogen) atoms. The minimum Gasteiger partial charge on any atom is -0.394 e. The molecule has 0 aliphatic carbocycles. The summed E-state index contributed by atoms with van der Waals surface area (Å²) in [6.07, 6.45) is 0.804. The van der Waals surface area contributed by atoms with Crippen LogP contribution in [0.1, 0.15) is 26.6 Å². The molecular weight excluding hydrogens is 210 g/mol. The lowest BCUT2D eigenvalue weighted by atomic mass is 10.1. The predicted octanol–water partition coefficient (Wildman–Crippen LogP) is 1.88. The third kappa shape index (κ3) is 3.60. The molecule has 4 nitrogen and oxygen atoms in total. The maximum absolute atomic E-state index is 9.13. The Bertz CT molecular complexity index is 386. The summed E-state index contributed by atoms with van der Waals surface area (Å²) in [6, 6.07) is 1.76. The van der Waals surface area contributed by atoms with Crippen LogP contribution in [0.5, 0.6) is 0 Å². The van der Waals surface area contributed by atoms with Gasteiger partial charge in [0.15, 0.2) is 0 Å². The molecule has 0 aromatic carbocycles. The SMILES string of the molecule is CCc1nc(=S)cc(NC(C)(C)CO)[nH]1.